The maximum Gasteiger partial charge on any atom is 0.308 e. The van der Waals surface area contributed by atoms with Crippen molar-refractivity contribution >= 4 is 46.4 Å². The van der Waals surface area contributed by atoms with E-state index >= 15 is 0 Å². The molecule has 0 aliphatic carbocycles. The number of benzene rings is 1. The highest BCUT2D eigenvalue weighted by Gasteiger charge is 2.09. The molecule has 0 aliphatic heterocycles. The number of halogens is 3. The van der Waals surface area contributed by atoms with E-state index in [1.807, 2.05) is 18.2 Å². The van der Waals surface area contributed by atoms with Crippen LogP contribution >= 0.6 is 33.8 Å². The lowest BCUT2D eigenvalue weighted by molar-refractivity contribution is 1.77. The molecule has 0 aromatic heterocycles. The Bertz CT molecular complexity index is 224. The van der Waals surface area contributed by atoms with Crippen molar-refractivity contribution in [2.75, 3.05) is 0 Å². The average Bonchev–Trinajstić information content (AvgIpc) is 1.88. The van der Waals surface area contributed by atoms with Crippen LogP contribution in [0.4, 0.5) is 0 Å². The molecule has 0 amide bonds. The fourth-order valence-corrected chi connectivity index (χ4v) is 2.80. The van der Waals surface area contributed by atoms with Crippen LogP contribution in [0.3, 0.4) is 0 Å². The standard InChI is InChI=1S/C6H4Cl3Si/c7-5-3-1-2-4-6(5)10(8)9/h1-4H. The lowest BCUT2D eigenvalue weighted by Gasteiger charge is -1.99. The SMILES string of the molecule is Clc1ccccc1[Si](Cl)Cl. The highest BCUT2D eigenvalue weighted by atomic mass is 35.7. The maximum absolute atomic E-state index is 5.78. The summed E-state index contributed by atoms with van der Waals surface area (Å²) in [5.41, 5.74) is 0. The smallest absolute Gasteiger partial charge is 0.140 e. The van der Waals surface area contributed by atoms with Crippen LogP contribution < -0.4 is 5.19 Å². The Balaban J connectivity index is 3.03. The number of rotatable bonds is 1. The van der Waals surface area contributed by atoms with Crippen molar-refractivity contribution in [3.63, 3.8) is 0 Å². The molecule has 53 valence electrons. The Hall–Kier alpha value is 0.307. The first-order chi connectivity index (χ1) is 4.72. The van der Waals surface area contributed by atoms with Gasteiger partial charge in [0.2, 0.25) is 0 Å². The molecule has 0 bridgehead atoms. The molecule has 0 fully saturated rings. The summed E-state index contributed by atoms with van der Waals surface area (Å²) in [7, 11) is -1.43. The van der Waals surface area contributed by atoms with Crippen molar-refractivity contribution in [3.05, 3.63) is 29.3 Å². The molecule has 0 saturated carbocycles. The van der Waals surface area contributed by atoms with Crippen molar-refractivity contribution < 1.29 is 0 Å². The van der Waals surface area contributed by atoms with Gasteiger partial charge in [0, 0.05) is 5.02 Å². The van der Waals surface area contributed by atoms with Crippen molar-refractivity contribution in [3.8, 4) is 0 Å². The van der Waals surface area contributed by atoms with Crippen LogP contribution in [0.2, 0.25) is 5.02 Å². The third kappa shape index (κ3) is 1.89. The normalized spacial score (nSPS) is 10.4. The molecule has 0 saturated heterocycles. The lowest BCUT2D eigenvalue weighted by Crippen LogP contribution is -2.18. The molecule has 0 nitrogen and oxygen atoms in total. The van der Waals surface area contributed by atoms with E-state index in [9.17, 15) is 0 Å². The summed E-state index contributed by atoms with van der Waals surface area (Å²) in [6.45, 7) is 0. The van der Waals surface area contributed by atoms with Gasteiger partial charge in [-0.1, -0.05) is 29.8 Å². The van der Waals surface area contributed by atoms with E-state index in [0.717, 1.165) is 5.19 Å². The zero-order valence-electron chi connectivity index (χ0n) is 4.94. The molecular weight excluding hydrogens is 207 g/mol. The second kappa shape index (κ2) is 3.63. The average molecular weight is 211 g/mol. The molecule has 4 heteroatoms. The maximum atomic E-state index is 5.78. The van der Waals surface area contributed by atoms with Gasteiger partial charge in [0.25, 0.3) is 0 Å². The van der Waals surface area contributed by atoms with Crippen LogP contribution in [0.25, 0.3) is 0 Å². The van der Waals surface area contributed by atoms with E-state index in [0.29, 0.717) is 5.02 Å². The first kappa shape index (κ1) is 8.40. The quantitative estimate of drug-likeness (QED) is 0.494. The summed E-state index contributed by atoms with van der Waals surface area (Å²) in [5, 5.41) is 1.51. The van der Waals surface area contributed by atoms with Gasteiger partial charge in [-0.3, -0.25) is 0 Å². The molecule has 0 N–H and O–H groups in total. The van der Waals surface area contributed by atoms with E-state index in [1.165, 1.54) is 0 Å². The molecule has 0 atom stereocenters. The predicted molar refractivity (Wildman–Crippen MR) is 48.5 cm³/mol. The molecular formula is C6H4Cl3Si. The molecule has 10 heavy (non-hydrogen) atoms. The third-order valence-corrected chi connectivity index (χ3v) is 3.63. The number of hydrogen-bond donors (Lipinski definition) is 0. The second-order valence-corrected chi connectivity index (χ2v) is 6.06. The van der Waals surface area contributed by atoms with E-state index < -0.39 is 7.42 Å². The van der Waals surface area contributed by atoms with Crippen LogP contribution in [-0.4, -0.2) is 7.42 Å². The molecule has 1 aromatic carbocycles. The van der Waals surface area contributed by atoms with Gasteiger partial charge in [-0.2, -0.15) is 0 Å². The van der Waals surface area contributed by atoms with Crippen molar-refractivity contribution in [2.24, 2.45) is 0 Å². The molecule has 1 radical (unpaired) electrons. The molecule has 0 aliphatic rings. The summed E-state index contributed by atoms with van der Waals surface area (Å²) in [6.07, 6.45) is 0. The minimum Gasteiger partial charge on any atom is -0.140 e. The highest BCUT2D eigenvalue weighted by Crippen LogP contribution is 2.08. The van der Waals surface area contributed by atoms with E-state index in [1.54, 1.807) is 6.07 Å². The fourth-order valence-electron chi connectivity index (χ4n) is 0.614. The van der Waals surface area contributed by atoms with Crippen molar-refractivity contribution in [1.29, 1.82) is 0 Å². The minimum absolute atomic E-state index is 0.654. The zero-order valence-corrected chi connectivity index (χ0v) is 8.21. The van der Waals surface area contributed by atoms with Gasteiger partial charge in [0.05, 0.1) is 0 Å². The van der Waals surface area contributed by atoms with Crippen molar-refractivity contribution in [2.45, 2.75) is 0 Å². The van der Waals surface area contributed by atoms with Crippen LogP contribution in [0.5, 0.6) is 0 Å². The fraction of sp³-hybridized carbons (Fsp3) is 0. The summed E-state index contributed by atoms with van der Waals surface area (Å²) in [4.78, 5) is 0. The van der Waals surface area contributed by atoms with Crippen molar-refractivity contribution in [1.82, 2.24) is 0 Å². The van der Waals surface area contributed by atoms with Gasteiger partial charge >= 0.3 is 7.42 Å². The molecule has 0 heterocycles. The molecule has 1 rings (SSSR count). The summed E-state index contributed by atoms with van der Waals surface area (Å²) < 4.78 is 0. The third-order valence-electron chi connectivity index (χ3n) is 1.08. The van der Waals surface area contributed by atoms with Gasteiger partial charge in [-0.15, -0.1) is 22.2 Å². The zero-order chi connectivity index (χ0) is 7.56. The van der Waals surface area contributed by atoms with Gasteiger partial charge in [-0.25, -0.2) is 0 Å². The Morgan fingerprint density at radius 3 is 2.10 bits per heavy atom. The molecule has 1 aromatic rings. The van der Waals surface area contributed by atoms with E-state index in [2.05, 4.69) is 0 Å². The summed E-state index contributed by atoms with van der Waals surface area (Å²) in [6, 6.07) is 7.35. The van der Waals surface area contributed by atoms with Gasteiger partial charge < -0.3 is 0 Å². The van der Waals surface area contributed by atoms with Gasteiger partial charge in [-0.05, 0) is 11.3 Å². The highest BCUT2D eigenvalue weighted by molar-refractivity contribution is 7.39. The first-order valence-electron chi connectivity index (χ1n) is 2.64. The van der Waals surface area contributed by atoms with Gasteiger partial charge in [0.15, 0.2) is 0 Å². The largest absolute Gasteiger partial charge is 0.308 e. The van der Waals surface area contributed by atoms with E-state index in [-0.39, 0.29) is 0 Å². The van der Waals surface area contributed by atoms with Crippen LogP contribution in [0.1, 0.15) is 0 Å². The second-order valence-electron chi connectivity index (χ2n) is 1.74. The first-order valence-corrected chi connectivity index (χ1v) is 6.55. The minimum atomic E-state index is -1.43. The Morgan fingerprint density at radius 2 is 1.70 bits per heavy atom. The van der Waals surface area contributed by atoms with E-state index in [4.69, 9.17) is 33.8 Å². The topological polar surface area (TPSA) is 0 Å². The molecule has 0 unspecified atom stereocenters. The Morgan fingerprint density at radius 1 is 1.10 bits per heavy atom. The predicted octanol–water partition coefficient (Wildman–Crippen LogP) is 2.51. The van der Waals surface area contributed by atoms with Crippen LogP contribution in [0.15, 0.2) is 24.3 Å². The van der Waals surface area contributed by atoms with Gasteiger partial charge in [0.1, 0.15) is 0 Å². The monoisotopic (exact) mass is 209 g/mol. The lowest BCUT2D eigenvalue weighted by atomic mass is 10.4. The number of hydrogen-bond acceptors (Lipinski definition) is 0. The molecule has 0 spiro atoms. The Labute approximate surface area is 75.7 Å². The van der Waals surface area contributed by atoms with Crippen LogP contribution in [-0.2, 0) is 0 Å². The summed E-state index contributed by atoms with van der Waals surface area (Å²) in [5.74, 6) is 0. The Kier molecular flexibility index (Phi) is 3.05. The summed E-state index contributed by atoms with van der Waals surface area (Å²) >= 11 is 17.2. The van der Waals surface area contributed by atoms with Crippen LogP contribution in [0, 0.1) is 0 Å².